The van der Waals surface area contributed by atoms with Crippen molar-refractivity contribution in [2.45, 2.75) is 33.6 Å². The van der Waals surface area contributed by atoms with E-state index in [9.17, 15) is 4.79 Å². The normalized spacial score (nSPS) is 10.9. The highest BCUT2D eigenvalue weighted by molar-refractivity contribution is 6.01. The zero-order valence-electron chi connectivity index (χ0n) is 18.8. The van der Waals surface area contributed by atoms with Crippen LogP contribution < -0.4 is 26.7 Å². The van der Waals surface area contributed by atoms with Gasteiger partial charge < -0.3 is 26.1 Å². The minimum atomic E-state index is -0.282. The summed E-state index contributed by atoms with van der Waals surface area (Å²) in [6.07, 6.45) is 1.60. The number of aromatic amines is 1. The zero-order chi connectivity index (χ0) is 23.4. The number of nitrogens with one attached hydrogen (secondary N) is 2. The van der Waals surface area contributed by atoms with E-state index in [-0.39, 0.29) is 17.5 Å². The van der Waals surface area contributed by atoms with Crippen LogP contribution in [-0.2, 0) is 13.5 Å². The molecule has 2 aromatic heterocycles. The fourth-order valence-corrected chi connectivity index (χ4v) is 3.57. The Morgan fingerprint density at radius 1 is 1.31 bits per heavy atom. The topological polar surface area (TPSA) is 164 Å². The molecule has 0 amide bonds. The van der Waals surface area contributed by atoms with E-state index in [0.29, 0.717) is 53.4 Å². The van der Waals surface area contributed by atoms with Crippen molar-refractivity contribution < 1.29 is 4.74 Å². The molecule has 0 aliphatic carbocycles. The first-order valence-corrected chi connectivity index (χ1v) is 10.5. The summed E-state index contributed by atoms with van der Waals surface area (Å²) in [4.78, 5) is 26.0. The number of hydrogen-bond acceptors (Lipinski definition) is 5. The number of fused-ring (bicyclic) bond motifs is 1. The highest BCUT2D eigenvalue weighted by Crippen LogP contribution is 2.33. The maximum absolute atomic E-state index is 12.9. The third kappa shape index (κ3) is 4.41. The van der Waals surface area contributed by atoms with E-state index in [1.165, 1.54) is 0 Å². The van der Waals surface area contributed by atoms with Gasteiger partial charge in [0, 0.05) is 19.3 Å². The summed E-state index contributed by atoms with van der Waals surface area (Å²) >= 11 is 0. The second-order valence-corrected chi connectivity index (χ2v) is 7.15. The first kappa shape index (κ1) is 22.8. The standard InChI is InChI=1S/C21H29N9O2/c1-5-8-14-16-17(29(4)28-14)19(31)26-18(25-16)13-11-12(9-10-15(13)32-7-3)30(6-2)21(24)27-20(22)23/h9-11H,5-8H2,1-4H3,(H,25,26,31)(H5,22,23,24,27). The van der Waals surface area contributed by atoms with Crippen molar-refractivity contribution in [1.82, 2.24) is 19.7 Å². The summed E-state index contributed by atoms with van der Waals surface area (Å²) in [5.74, 6) is 0.625. The molecule has 1 aromatic carbocycles. The van der Waals surface area contributed by atoms with E-state index >= 15 is 0 Å². The molecule has 11 nitrogen and oxygen atoms in total. The Morgan fingerprint density at radius 3 is 2.69 bits per heavy atom. The Labute approximate surface area is 185 Å². The Balaban J connectivity index is 2.21. The van der Waals surface area contributed by atoms with Crippen molar-refractivity contribution in [3.8, 4) is 17.1 Å². The summed E-state index contributed by atoms with van der Waals surface area (Å²) in [6, 6.07) is 5.38. The molecule has 170 valence electrons. The predicted octanol–water partition coefficient (Wildman–Crippen LogP) is 1.71. The molecule has 0 spiro atoms. The zero-order valence-corrected chi connectivity index (χ0v) is 18.8. The molecule has 0 unspecified atom stereocenters. The molecule has 0 radical (unpaired) electrons. The molecule has 3 aromatic rings. The Hall–Kier alpha value is -3.89. The summed E-state index contributed by atoms with van der Waals surface area (Å²) in [5.41, 5.74) is 13.6. The molecule has 0 bridgehead atoms. The van der Waals surface area contributed by atoms with Gasteiger partial charge in [-0.3, -0.25) is 14.9 Å². The fourth-order valence-electron chi connectivity index (χ4n) is 3.57. The van der Waals surface area contributed by atoms with E-state index in [1.807, 2.05) is 13.8 Å². The fraction of sp³-hybridized carbons (Fsp3) is 0.381. The molecule has 0 aliphatic rings. The number of guanidine groups is 2. The SMILES string of the molecule is CCCc1nn(C)c2c(=O)[nH]c(-c3cc(N(CC)C(=N)N=C(N)N)ccc3OCC)nc12. The van der Waals surface area contributed by atoms with E-state index in [2.05, 4.69) is 22.0 Å². The van der Waals surface area contributed by atoms with Gasteiger partial charge in [-0.05, 0) is 38.5 Å². The highest BCUT2D eigenvalue weighted by Gasteiger charge is 2.19. The molecule has 0 saturated heterocycles. The average molecular weight is 440 g/mol. The van der Waals surface area contributed by atoms with E-state index in [4.69, 9.17) is 26.6 Å². The molecule has 2 heterocycles. The molecule has 0 fully saturated rings. The van der Waals surface area contributed by atoms with Gasteiger partial charge in [-0.2, -0.15) is 10.1 Å². The largest absolute Gasteiger partial charge is 0.493 e. The number of aromatic nitrogens is 4. The Morgan fingerprint density at radius 2 is 2.06 bits per heavy atom. The van der Waals surface area contributed by atoms with Crippen LogP contribution in [-0.4, -0.2) is 44.8 Å². The lowest BCUT2D eigenvalue weighted by Crippen LogP contribution is -2.33. The van der Waals surface area contributed by atoms with Crippen LogP contribution in [0.25, 0.3) is 22.4 Å². The third-order valence-corrected chi connectivity index (χ3v) is 4.89. The number of H-pyrrole nitrogens is 1. The smallest absolute Gasteiger partial charge is 0.277 e. The second kappa shape index (κ2) is 9.50. The Kier molecular flexibility index (Phi) is 6.76. The first-order valence-electron chi connectivity index (χ1n) is 10.5. The van der Waals surface area contributed by atoms with Gasteiger partial charge >= 0.3 is 0 Å². The lowest BCUT2D eigenvalue weighted by atomic mass is 10.1. The quantitative estimate of drug-likeness (QED) is 0.321. The van der Waals surface area contributed by atoms with Crippen LogP contribution in [0.15, 0.2) is 28.0 Å². The molecule has 0 saturated carbocycles. The monoisotopic (exact) mass is 439 g/mol. The summed E-state index contributed by atoms with van der Waals surface area (Å²) in [6.45, 7) is 6.70. The molecule has 32 heavy (non-hydrogen) atoms. The van der Waals surface area contributed by atoms with E-state index in [0.717, 1.165) is 12.1 Å². The number of nitrogens with two attached hydrogens (primary N) is 2. The van der Waals surface area contributed by atoms with Gasteiger partial charge in [0.25, 0.3) is 5.56 Å². The van der Waals surface area contributed by atoms with Gasteiger partial charge in [0.05, 0.1) is 17.9 Å². The summed E-state index contributed by atoms with van der Waals surface area (Å²) < 4.78 is 7.36. The van der Waals surface area contributed by atoms with Gasteiger partial charge in [-0.15, -0.1) is 0 Å². The first-order chi connectivity index (χ1) is 15.3. The maximum Gasteiger partial charge on any atom is 0.277 e. The number of ether oxygens (including phenoxy) is 1. The molecular weight excluding hydrogens is 410 g/mol. The minimum absolute atomic E-state index is 0.1000. The maximum atomic E-state index is 12.9. The minimum Gasteiger partial charge on any atom is -0.493 e. The number of rotatable bonds is 7. The lowest BCUT2D eigenvalue weighted by Gasteiger charge is -2.22. The van der Waals surface area contributed by atoms with Gasteiger partial charge in [0.2, 0.25) is 5.96 Å². The number of anilines is 1. The van der Waals surface area contributed by atoms with Crippen molar-refractivity contribution in [1.29, 1.82) is 5.41 Å². The second-order valence-electron chi connectivity index (χ2n) is 7.15. The number of hydrogen-bond donors (Lipinski definition) is 4. The molecule has 11 heteroatoms. The van der Waals surface area contributed by atoms with Crippen LogP contribution in [0.2, 0.25) is 0 Å². The molecule has 6 N–H and O–H groups in total. The lowest BCUT2D eigenvalue weighted by molar-refractivity contribution is 0.341. The number of benzene rings is 1. The predicted molar refractivity (Wildman–Crippen MR) is 126 cm³/mol. The van der Waals surface area contributed by atoms with Crippen LogP contribution >= 0.6 is 0 Å². The van der Waals surface area contributed by atoms with Crippen LogP contribution in [0.3, 0.4) is 0 Å². The van der Waals surface area contributed by atoms with Gasteiger partial charge in [0.1, 0.15) is 17.1 Å². The van der Waals surface area contributed by atoms with Crippen molar-refractivity contribution in [3.05, 3.63) is 34.2 Å². The number of aliphatic imine (C=N–C) groups is 1. The van der Waals surface area contributed by atoms with Crippen molar-refractivity contribution in [2.24, 2.45) is 23.5 Å². The molecule has 0 atom stereocenters. The van der Waals surface area contributed by atoms with E-state index < -0.39 is 0 Å². The molecular formula is C21H29N9O2. The number of aryl methyl sites for hydroxylation is 2. The van der Waals surface area contributed by atoms with Crippen molar-refractivity contribution in [3.63, 3.8) is 0 Å². The van der Waals surface area contributed by atoms with Crippen molar-refractivity contribution >= 4 is 28.6 Å². The molecule has 0 aliphatic heterocycles. The van der Waals surface area contributed by atoms with Crippen LogP contribution in [0.5, 0.6) is 5.75 Å². The number of nitrogens with zero attached hydrogens (tertiary/aromatic N) is 5. The summed E-state index contributed by atoms with van der Waals surface area (Å²) in [7, 11) is 1.73. The average Bonchev–Trinajstić information content (AvgIpc) is 3.05. The van der Waals surface area contributed by atoms with Crippen LogP contribution in [0.4, 0.5) is 5.69 Å². The van der Waals surface area contributed by atoms with Gasteiger partial charge in [0.15, 0.2) is 11.5 Å². The Bertz CT molecular complexity index is 1220. The van der Waals surface area contributed by atoms with Crippen LogP contribution in [0.1, 0.15) is 32.9 Å². The van der Waals surface area contributed by atoms with Crippen molar-refractivity contribution in [2.75, 3.05) is 18.1 Å². The van der Waals surface area contributed by atoms with Gasteiger partial charge in [-0.1, -0.05) is 13.3 Å². The van der Waals surface area contributed by atoms with E-state index in [1.54, 1.807) is 34.8 Å². The van der Waals surface area contributed by atoms with Crippen LogP contribution in [0, 0.1) is 5.41 Å². The molecule has 3 rings (SSSR count). The summed E-state index contributed by atoms with van der Waals surface area (Å²) in [5, 5.41) is 12.7. The van der Waals surface area contributed by atoms with Gasteiger partial charge in [-0.25, -0.2) is 4.98 Å². The highest BCUT2D eigenvalue weighted by atomic mass is 16.5. The third-order valence-electron chi connectivity index (χ3n) is 4.89.